The van der Waals surface area contributed by atoms with E-state index in [1.165, 1.54) is 14.2 Å². The Morgan fingerprint density at radius 2 is 1.72 bits per heavy atom. The van der Waals surface area contributed by atoms with Gasteiger partial charge in [0.1, 0.15) is 5.75 Å². The predicted molar refractivity (Wildman–Crippen MR) is 114 cm³/mol. The first-order chi connectivity index (χ1) is 13.9. The molecule has 0 saturated carbocycles. The van der Waals surface area contributed by atoms with Crippen LogP contribution < -0.4 is 15.8 Å². The van der Waals surface area contributed by atoms with Gasteiger partial charge in [0.15, 0.2) is 0 Å². The summed E-state index contributed by atoms with van der Waals surface area (Å²) in [5.41, 5.74) is 9.00. The molecule has 0 aliphatic carbocycles. The van der Waals surface area contributed by atoms with Gasteiger partial charge in [-0.2, -0.15) is 0 Å². The number of benzene rings is 2. The Labute approximate surface area is 171 Å². The van der Waals surface area contributed by atoms with E-state index in [9.17, 15) is 9.59 Å². The summed E-state index contributed by atoms with van der Waals surface area (Å²) in [6.45, 7) is 7.36. The highest BCUT2D eigenvalue weighted by molar-refractivity contribution is 6.00. The third kappa shape index (κ3) is 5.48. The Bertz CT molecular complexity index is 846. The van der Waals surface area contributed by atoms with Crippen molar-refractivity contribution in [2.24, 2.45) is 0 Å². The van der Waals surface area contributed by atoms with Crippen molar-refractivity contribution in [3.05, 3.63) is 47.5 Å². The largest absolute Gasteiger partial charge is 0.496 e. The lowest BCUT2D eigenvalue weighted by molar-refractivity contribution is 0.0600. The van der Waals surface area contributed by atoms with E-state index in [1.807, 2.05) is 0 Å². The smallest absolute Gasteiger partial charge is 0.337 e. The van der Waals surface area contributed by atoms with E-state index in [0.29, 0.717) is 34.7 Å². The van der Waals surface area contributed by atoms with Gasteiger partial charge in [0.05, 0.1) is 25.3 Å². The van der Waals surface area contributed by atoms with Crippen molar-refractivity contribution >= 4 is 17.6 Å². The van der Waals surface area contributed by atoms with Crippen LogP contribution in [0.1, 0.15) is 34.6 Å². The molecule has 2 rings (SSSR count). The van der Waals surface area contributed by atoms with Crippen molar-refractivity contribution in [2.45, 2.75) is 13.8 Å². The average molecular weight is 399 g/mol. The van der Waals surface area contributed by atoms with E-state index in [0.717, 1.165) is 25.2 Å². The fraction of sp³-hybridized carbons (Fsp3) is 0.364. The van der Waals surface area contributed by atoms with E-state index < -0.39 is 5.97 Å². The number of rotatable bonds is 9. The zero-order chi connectivity index (χ0) is 21.4. The molecule has 0 atom stereocenters. The number of hydrogen-bond donors (Lipinski definition) is 2. The second-order valence-corrected chi connectivity index (χ2v) is 6.49. The summed E-state index contributed by atoms with van der Waals surface area (Å²) in [5.74, 6) is -0.216. The van der Waals surface area contributed by atoms with Crippen LogP contribution in [-0.4, -0.2) is 57.2 Å². The molecule has 29 heavy (non-hydrogen) atoms. The van der Waals surface area contributed by atoms with E-state index in [2.05, 4.69) is 24.1 Å². The number of nitrogen functional groups attached to an aromatic ring is 1. The van der Waals surface area contributed by atoms with Gasteiger partial charge < -0.3 is 25.4 Å². The molecule has 0 bridgehead atoms. The first kappa shape index (κ1) is 22.2. The second-order valence-electron chi connectivity index (χ2n) is 6.49. The zero-order valence-corrected chi connectivity index (χ0v) is 17.5. The van der Waals surface area contributed by atoms with Crippen molar-refractivity contribution in [1.29, 1.82) is 0 Å². The van der Waals surface area contributed by atoms with Crippen LogP contribution in [0.3, 0.4) is 0 Å². The Balaban J connectivity index is 2.27. The Hall–Kier alpha value is -3.06. The van der Waals surface area contributed by atoms with E-state index in [1.54, 1.807) is 36.4 Å². The first-order valence-electron chi connectivity index (χ1n) is 9.61. The quantitative estimate of drug-likeness (QED) is 0.497. The summed E-state index contributed by atoms with van der Waals surface area (Å²) in [4.78, 5) is 26.6. The fourth-order valence-electron chi connectivity index (χ4n) is 3.06. The molecule has 3 N–H and O–H groups in total. The fourth-order valence-corrected chi connectivity index (χ4v) is 3.06. The summed E-state index contributed by atoms with van der Waals surface area (Å²) in [6.07, 6.45) is 0. The molecule has 0 saturated heterocycles. The number of anilines is 1. The average Bonchev–Trinajstić information content (AvgIpc) is 2.75. The number of amides is 1. The molecule has 156 valence electrons. The molecule has 0 fully saturated rings. The van der Waals surface area contributed by atoms with Crippen LogP contribution in [0.4, 0.5) is 5.69 Å². The number of nitrogens with zero attached hydrogens (tertiary/aromatic N) is 1. The van der Waals surface area contributed by atoms with Crippen molar-refractivity contribution < 1.29 is 19.1 Å². The normalized spacial score (nSPS) is 10.7. The minimum Gasteiger partial charge on any atom is -0.496 e. The number of nitrogens with two attached hydrogens (primary N) is 1. The van der Waals surface area contributed by atoms with Crippen LogP contribution in [-0.2, 0) is 4.74 Å². The molecule has 0 radical (unpaired) electrons. The lowest BCUT2D eigenvalue weighted by atomic mass is 9.99. The van der Waals surface area contributed by atoms with Gasteiger partial charge in [0.25, 0.3) is 5.91 Å². The molecule has 7 nitrogen and oxygen atoms in total. The second kappa shape index (κ2) is 10.5. The minimum absolute atomic E-state index is 0.221. The van der Waals surface area contributed by atoms with Gasteiger partial charge in [-0.15, -0.1) is 0 Å². The Morgan fingerprint density at radius 3 is 2.28 bits per heavy atom. The van der Waals surface area contributed by atoms with Gasteiger partial charge in [-0.3, -0.25) is 4.79 Å². The number of ether oxygens (including phenoxy) is 2. The van der Waals surface area contributed by atoms with Gasteiger partial charge in [0, 0.05) is 30.4 Å². The number of esters is 1. The highest BCUT2D eigenvalue weighted by Gasteiger charge is 2.17. The van der Waals surface area contributed by atoms with Crippen molar-refractivity contribution in [3.63, 3.8) is 0 Å². The maximum atomic E-state index is 12.7. The Morgan fingerprint density at radius 1 is 1.07 bits per heavy atom. The third-order valence-electron chi connectivity index (χ3n) is 4.84. The molecule has 2 aromatic rings. The molecule has 0 aromatic heterocycles. The third-order valence-corrected chi connectivity index (χ3v) is 4.84. The Kier molecular flexibility index (Phi) is 8.03. The van der Waals surface area contributed by atoms with Crippen molar-refractivity contribution in [2.75, 3.05) is 46.1 Å². The zero-order valence-electron chi connectivity index (χ0n) is 17.5. The highest BCUT2D eigenvalue weighted by Crippen LogP contribution is 2.33. The summed E-state index contributed by atoms with van der Waals surface area (Å²) < 4.78 is 10.1. The standard InChI is InChI=1S/C22H29N3O4/c1-5-25(6-2)12-11-24-21(26)18-13-17(19(23)14-20(18)28-3)15-7-9-16(10-8-15)22(27)29-4/h7-10,13-14H,5-6,11-12,23H2,1-4H3,(H,24,26). The van der Waals surface area contributed by atoms with Crippen LogP contribution in [0.15, 0.2) is 36.4 Å². The SMILES string of the molecule is CCN(CC)CCNC(=O)c1cc(-c2ccc(C(=O)OC)cc2)c(N)cc1OC. The summed E-state index contributed by atoms with van der Waals surface area (Å²) in [6, 6.07) is 10.2. The number of likely N-dealkylation sites (N-methyl/N-ethyl adjacent to an activating group) is 1. The van der Waals surface area contributed by atoms with Gasteiger partial charge >= 0.3 is 5.97 Å². The summed E-state index contributed by atoms with van der Waals surface area (Å²) >= 11 is 0. The van der Waals surface area contributed by atoms with Gasteiger partial charge in [-0.25, -0.2) is 4.79 Å². The van der Waals surface area contributed by atoms with Gasteiger partial charge in [0.2, 0.25) is 0 Å². The van der Waals surface area contributed by atoms with Gasteiger partial charge in [-0.1, -0.05) is 26.0 Å². The number of methoxy groups -OCH3 is 2. The predicted octanol–water partition coefficient (Wildman–Crippen LogP) is 2.80. The van der Waals surface area contributed by atoms with Gasteiger partial charge in [-0.05, 0) is 36.9 Å². The number of carbonyl (C=O) groups excluding carboxylic acids is 2. The maximum absolute atomic E-state index is 12.7. The molecular formula is C22H29N3O4. The van der Waals surface area contributed by atoms with Crippen LogP contribution in [0, 0.1) is 0 Å². The summed E-state index contributed by atoms with van der Waals surface area (Å²) in [7, 11) is 2.84. The van der Waals surface area contributed by atoms with Crippen molar-refractivity contribution in [1.82, 2.24) is 10.2 Å². The molecule has 1 amide bonds. The molecule has 0 aliphatic heterocycles. The minimum atomic E-state index is -0.410. The summed E-state index contributed by atoms with van der Waals surface area (Å²) in [5, 5.41) is 2.94. The lowest BCUT2D eigenvalue weighted by Gasteiger charge is -2.18. The van der Waals surface area contributed by atoms with E-state index in [-0.39, 0.29) is 5.91 Å². The van der Waals surface area contributed by atoms with Crippen LogP contribution in [0.2, 0.25) is 0 Å². The molecular weight excluding hydrogens is 370 g/mol. The molecule has 2 aromatic carbocycles. The van der Waals surface area contributed by atoms with Crippen molar-refractivity contribution in [3.8, 4) is 16.9 Å². The molecule has 0 unspecified atom stereocenters. The first-order valence-corrected chi connectivity index (χ1v) is 9.61. The lowest BCUT2D eigenvalue weighted by Crippen LogP contribution is -2.35. The van der Waals surface area contributed by atoms with Crippen LogP contribution in [0.25, 0.3) is 11.1 Å². The molecule has 7 heteroatoms. The van der Waals surface area contributed by atoms with E-state index in [4.69, 9.17) is 15.2 Å². The monoisotopic (exact) mass is 399 g/mol. The van der Waals surface area contributed by atoms with Crippen LogP contribution in [0.5, 0.6) is 5.75 Å². The van der Waals surface area contributed by atoms with E-state index >= 15 is 0 Å². The number of carbonyl (C=O) groups is 2. The van der Waals surface area contributed by atoms with Crippen LogP contribution >= 0.6 is 0 Å². The number of nitrogens with one attached hydrogen (secondary N) is 1. The highest BCUT2D eigenvalue weighted by atomic mass is 16.5. The molecule has 0 spiro atoms. The topological polar surface area (TPSA) is 93.9 Å². The molecule has 0 heterocycles. The molecule has 0 aliphatic rings. The number of hydrogen-bond acceptors (Lipinski definition) is 6. The maximum Gasteiger partial charge on any atom is 0.337 e.